The first-order valence-corrected chi connectivity index (χ1v) is 10.4. The van der Waals surface area contributed by atoms with Crippen molar-refractivity contribution < 1.29 is 9.15 Å². The third-order valence-electron chi connectivity index (χ3n) is 4.38. The first kappa shape index (κ1) is 19.6. The molecule has 3 aromatic rings. The van der Waals surface area contributed by atoms with Gasteiger partial charge in [-0.3, -0.25) is 0 Å². The molecule has 27 heavy (non-hydrogen) atoms. The minimum atomic E-state index is 0.510. The van der Waals surface area contributed by atoms with Gasteiger partial charge in [0.25, 0.3) is 0 Å². The van der Waals surface area contributed by atoms with Crippen molar-refractivity contribution in [2.75, 3.05) is 6.61 Å². The second-order valence-corrected chi connectivity index (χ2v) is 7.48. The van der Waals surface area contributed by atoms with Crippen LogP contribution >= 0.6 is 15.9 Å². The van der Waals surface area contributed by atoms with Crippen LogP contribution in [0.2, 0.25) is 0 Å². The first-order chi connectivity index (χ1) is 13.3. The molecular formula is C22H25BrN2O2. The van der Waals surface area contributed by atoms with Crippen LogP contribution in [0, 0.1) is 0 Å². The van der Waals surface area contributed by atoms with Crippen molar-refractivity contribution in [3.05, 3.63) is 53.0 Å². The van der Waals surface area contributed by atoms with Crippen LogP contribution in [0.1, 0.15) is 45.4 Å². The molecule has 5 heteroatoms. The number of hydrogen-bond donors (Lipinski definition) is 0. The van der Waals surface area contributed by atoms with Gasteiger partial charge in [-0.25, -0.2) is 0 Å². The summed E-state index contributed by atoms with van der Waals surface area (Å²) in [5.74, 6) is 1.90. The Morgan fingerprint density at radius 2 is 1.33 bits per heavy atom. The van der Waals surface area contributed by atoms with Crippen molar-refractivity contribution >= 4 is 15.9 Å². The van der Waals surface area contributed by atoms with E-state index in [0.29, 0.717) is 11.8 Å². The van der Waals surface area contributed by atoms with Crippen LogP contribution in [0.4, 0.5) is 0 Å². The van der Waals surface area contributed by atoms with Gasteiger partial charge >= 0.3 is 0 Å². The number of rotatable bonds is 10. The summed E-state index contributed by atoms with van der Waals surface area (Å²) in [7, 11) is 0. The van der Waals surface area contributed by atoms with Crippen LogP contribution in [0.3, 0.4) is 0 Å². The lowest BCUT2D eigenvalue weighted by Crippen LogP contribution is -1.97. The fourth-order valence-electron chi connectivity index (χ4n) is 2.82. The topological polar surface area (TPSA) is 48.2 Å². The lowest BCUT2D eigenvalue weighted by atomic mass is 10.1. The van der Waals surface area contributed by atoms with Crippen LogP contribution in [0.5, 0.6) is 5.75 Å². The average Bonchev–Trinajstić information content (AvgIpc) is 3.18. The highest BCUT2D eigenvalue weighted by Gasteiger charge is 2.10. The Morgan fingerprint density at radius 3 is 1.96 bits per heavy atom. The lowest BCUT2D eigenvalue weighted by molar-refractivity contribution is 0.304. The molecule has 0 fully saturated rings. The van der Waals surface area contributed by atoms with E-state index in [1.165, 1.54) is 32.1 Å². The number of benzene rings is 2. The first-order valence-electron chi connectivity index (χ1n) is 9.59. The van der Waals surface area contributed by atoms with E-state index >= 15 is 0 Å². The molecule has 0 spiro atoms. The molecule has 0 aliphatic rings. The number of unbranched alkanes of at least 4 members (excludes halogenated alkanes) is 5. The van der Waals surface area contributed by atoms with E-state index in [1.807, 2.05) is 48.5 Å². The molecule has 1 heterocycles. The molecule has 2 aromatic carbocycles. The molecular weight excluding hydrogens is 404 g/mol. The van der Waals surface area contributed by atoms with Gasteiger partial charge in [-0.15, -0.1) is 10.2 Å². The highest BCUT2D eigenvalue weighted by Crippen LogP contribution is 2.26. The number of ether oxygens (including phenoxy) is 1. The second-order valence-electron chi connectivity index (χ2n) is 6.56. The smallest absolute Gasteiger partial charge is 0.248 e. The van der Waals surface area contributed by atoms with E-state index in [9.17, 15) is 0 Å². The largest absolute Gasteiger partial charge is 0.494 e. The quantitative estimate of drug-likeness (QED) is 0.329. The molecule has 0 N–H and O–H groups in total. The highest BCUT2D eigenvalue weighted by molar-refractivity contribution is 9.10. The Kier molecular flexibility index (Phi) is 7.45. The van der Waals surface area contributed by atoms with E-state index in [1.54, 1.807) is 0 Å². The van der Waals surface area contributed by atoms with Gasteiger partial charge in [-0.1, -0.05) is 55.0 Å². The van der Waals surface area contributed by atoms with Gasteiger partial charge in [0.05, 0.1) is 6.61 Å². The SMILES string of the molecule is CCCCCCCCOc1ccc(-c2nnc(-c3ccc(Br)cc3)o2)cc1. The number of halogens is 1. The summed E-state index contributed by atoms with van der Waals surface area (Å²) < 4.78 is 12.6. The van der Waals surface area contributed by atoms with E-state index in [0.717, 1.165) is 34.4 Å². The van der Waals surface area contributed by atoms with Gasteiger partial charge in [0.1, 0.15) is 5.75 Å². The zero-order chi connectivity index (χ0) is 18.9. The Bertz CT molecular complexity index is 813. The Labute approximate surface area is 169 Å². The fourth-order valence-corrected chi connectivity index (χ4v) is 3.08. The van der Waals surface area contributed by atoms with Crippen molar-refractivity contribution in [3.8, 4) is 28.7 Å². The zero-order valence-corrected chi connectivity index (χ0v) is 17.2. The number of nitrogens with zero attached hydrogens (tertiary/aromatic N) is 2. The molecule has 0 bridgehead atoms. The van der Waals surface area contributed by atoms with Crippen LogP contribution in [-0.4, -0.2) is 16.8 Å². The number of hydrogen-bond acceptors (Lipinski definition) is 4. The second kappa shape index (κ2) is 10.3. The van der Waals surface area contributed by atoms with Gasteiger partial charge in [-0.05, 0) is 55.0 Å². The third-order valence-corrected chi connectivity index (χ3v) is 4.91. The summed E-state index contributed by atoms with van der Waals surface area (Å²) in [6.07, 6.45) is 7.59. The third kappa shape index (κ3) is 5.93. The summed E-state index contributed by atoms with van der Waals surface area (Å²) in [4.78, 5) is 0. The van der Waals surface area contributed by atoms with Crippen molar-refractivity contribution in [1.82, 2.24) is 10.2 Å². The van der Waals surface area contributed by atoms with Crippen LogP contribution in [0.15, 0.2) is 57.4 Å². The van der Waals surface area contributed by atoms with Gasteiger partial charge in [0.2, 0.25) is 11.8 Å². The normalized spacial score (nSPS) is 10.9. The summed E-state index contributed by atoms with van der Waals surface area (Å²) in [5.41, 5.74) is 1.79. The van der Waals surface area contributed by atoms with E-state index in [4.69, 9.17) is 9.15 Å². The number of aromatic nitrogens is 2. The summed E-state index contributed by atoms with van der Waals surface area (Å²) >= 11 is 3.42. The Balaban J connectivity index is 1.51. The molecule has 0 saturated heterocycles. The van der Waals surface area contributed by atoms with Crippen molar-refractivity contribution in [1.29, 1.82) is 0 Å². The molecule has 0 aliphatic heterocycles. The Morgan fingerprint density at radius 1 is 0.778 bits per heavy atom. The summed E-state index contributed by atoms with van der Waals surface area (Å²) in [6, 6.07) is 15.6. The maximum absolute atomic E-state index is 5.82. The summed E-state index contributed by atoms with van der Waals surface area (Å²) in [6.45, 7) is 3.00. The standard InChI is InChI=1S/C22H25BrN2O2/c1-2-3-4-5-6-7-16-26-20-14-10-18(11-15-20)22-25-24-21(27-22)17-8-12-19(23)13-9-17/h8-15H,2-7,16H2,1H3. The molecule has 0 unspecified atom stereocenters. The molecule has 142 valence electrons. The monoisotopic (exact) mass is 428 g/mol. The average molecular weight is 429 g/mol. The van der Waals surface area contributed by atoms with Crippen molar-refractivity contribution in [2.45, 2.75) is 45.4 Å². The fraction of sp³-hybridized carbons (Fsp3) is 0.364. The highest BCUT2D eigenvalue weighted by atomic mass is 79.9. The van der Waals surface area contributed by atoms with Crippen molar-refractivity contribution in [2.24, 2.45) is 0 Å². The van der Waals surface area contributed by atoms with E-state index < -0.39 is 0 Å². The van der Waals surface area contributed by atoms with Crippen LogP contribution < -0.4 is 4.74 Å². The Hall–Kier alpha value is -2.14. The van der Waals surface area contributed by atoms with E-state index in [-0.39, 0.29) is 0 Å². The minimum absolute atomic E-state index is 0.510. The van der Waals surface area contributed by atoms with Gasteiger partial charge in [0, 0.05) is 15.6 Å². The van der Waals surface area contributed by atoms with Crippen molar-refractivity contribution in [3.63, 3.8) is 0 Å². The molecule has 0 aliphatic carbocycles. The molecule has 0 atom stereocenters. The molecule has 0 saturated carbocycles. The van der Waals surface area contributed by atoms with Gasteiger partial charge < -0.3 is 9.15 Å². The van der Waals surface area contributed by atoms with Crippen LogP contribution in [0.25, 0.3) is 22.9 Å². The maximum atomic E-state index is 5.82. The molecule has 4 nitrogen and oxygen atoms in total. The predicted octanol–water partition coefficient (Wildman–Crippen LogP) is 6.91. The van der Waals surface area contributed by atoms with Gasteiger partial charge in [-0.2, -0.15) is 0 Å². The predicted molar refractivity (Wildman–Crippen MR) is 112 cm³/mol. The van der Waals surface area contributed by atoms with Gasteiger partial charge in [0.15, 0.2) is 0 Å². The molecule has 0 amide bonds. The maximum Gasteiger partial charge on any atom is 0.248 e. The molecule has 3 rings (SSSR count). The van der Waals surface area contributed by atoms with Crippen LogP contribution in [-0.2, 0) is 0 Å². The lowest BCUT2D eigenvalue weighted by Gasteiger charge is -2.06. The molecule has 1 aromatic heterocycles. The summed E-state index contributed by atoms with van der Waals surface area (Å²) in [5, 5.41) is 8.30. The minimum Gasteiger partial charge on any atom is -0.494 e. The van der Waals surface area contributed by atoms with E-state index in [2.05, 4.69) is 33.1 Å². The molecule has 0 radical (unpaired) electrons. The zero-order valence-electron chi connectivity index (χ0n) is 15.7.